The SMILES string of the molecule is CCOC(=O)C(OCCCCC(F)(F)C(F)(F)S(=O)[O-])(OC(=O)OC12CC3CC(CC(C3)C1)C2)C(F)(F)F. The first-order valence-electron chi connectivity index (χ1n) is 12.1. The van der Waals surface area contributed by atoms with E-state index in [1.165, 1.54) is 6.92 Å². The van der Waals surface area contributed by atoms with E-state index in [1.54, 1.807) is 0 Å². The number of rotatable bonds is 12. The van der Waals surface area contributed by atoms with E-state index < -0.39 is 84.4 Å². The highest BCUT2D eigenvalue weighted by Gasteiger charge is 2.68. The standard InChI is InChI=1S/C22H29F7O8S/c1-2-34-16(30)20(21(25,26)27,35-6-4-3-5-19(23,24)22(28,29)38(32)33)37-17(31)36-18-10-13-7-14(11-18)9-15(8-13)12-18/h13-15H,2-12H2,1H3,(H,32,33)/p-1. The maximum absolute atomic E-state index is 14.1. The summed E-state index contributed by atoms with van der Waals surface area (Å²) in [6, 6.07) is 0. The summed E-state index contributed by atoms with van der Waals surface area (Å²) in [5.41, 5.74) is -1.03. The number of carbonyl (C=O) groups excluding carboxylic acids is 2. The van der Waals surface area contributed by atoms with E-state index in [1.807, 2.05) is 0 Å². The van der Waals surface area contributed by atoms with Gasteiger partial charge in [0.1, 0.15) is 5.60 Å². The second kappa shape index (κ2) is 11.1. The van der Waals surface area contributed by atoms with Crippen molar-refractivity contribution in [2.24, 2.45) is 17.8 Å². The average molecular weight is 586 g/mol. The fraction of sp³-hybridized carbons (Fsp3) is 0.909. The molecule has 4 aliphatic carbocycles. The first-order valence-corrected chi connectivity index (χ1v) is 13.2. The normalized spacial score (nSPS) is 29.4. The van der Waals surface area contributed by atoms with Crippen molar-refractivity contribution in [1.29, 1.82) is 0 Å². The van der Waals surface area contributed by atoms with Crippen LogP contribution < -0.4 is 0 Å². The lowest BCUT2D eigenvalue weighted by Gasteiger charge is -2.55. The fourth-order valence-electron chi connectivity index (χ4n) is 6.02. The van der Waals surface area contributed by atoms with Crippen molar-refractivity contribution in [2.45, 2.75) is 93.5 Å². The van der Waals surface area contributed by atoms with Crippen molar-refractivity contribution in [1.82, 2.24) is 0 Å². The van der Waals surface area contributed by atoms with E-state index in [2.05, 4.69) is 14.2 Å². The van der Waals surface area contributed by atoms with Crippen LogP contribution in [0.5, 0.6) is 0 Å². The molecule has 4 bridgehead atoms. The van der Waals surface area contributed by atoms with E-state index in [0.29, 0.717) is 19.3 Å². The molecule has 0 radical (unpaired) electrons. The molecule has 2 unspecified atom stereocenters. The molecule has 0 spiro atoms. The Morgan fingerprint density at radius 3 is 1.92 bits per heavy atom. The molecule has 4 rings (SSSR count). The van der Waals surface area contributed by atoms with Crippen LogP contribution >= 0.6 is 0 Å². The van der Waals surface area contributed by atoms with Gasteiger partial charge in [0.25, 0.3) is 0 Å². The number of halogens is 7. The van der Waals surface area contributed by atoms with Gasteiger partial charge in [-0.15, -0.1) is 0 Å². The molecule has 0 saturated heterocycles. The zero-order chi connectivity index (χ0) is 28.6. The molecule has 0 heterocycles. The van der Waals surface area contributed by atoms with Crippen molar-refractivity contribution in [2.75, 3.05) is 13.2 Å². The molecule has 0 aromatic heterocycles. The molecule has 0 aromatic rings. The minimum absolute atomic E-state index is 0.257. The van der Waals surface area contributed by atoms with Gasteiger partial charge in [0.05, 0.1) is 13.2 Å². The Labute approximate surface area is 216 Å². The van der Waals surface area contributed by atoms with Gasteiger partial charge in [0, 0.05) is 17.5 Å². The number of hydrogen-bond donors (Lipinski definition) is 0. The van der Waals surface area contributed by atoms with E-state index in [4.69, 9.17) is 4.74 Å². The first-order chi connectivity index (χ1) is 17.5. The summed E-state index contributed by atoms with van der Waals surface area (Å²) in [7, 11) is 0. The second-order valence-electron chi connectivity index (χ2n) is 10.2. The van der Waals surface area contributed by atoms with Crippen molar-refractivity contribution in [3.63, 3.8) is 0 Å². The van der Waals surface area contributed by atoms with Gasteiger partial charge in [-0.1, -0.05) is 0 Å². The molecule has 0 N–H and O–H groups in total. The number of alkyl halides is 7. The molecular weight excluding hydrogens is 557 g/mol. The lowest BCUT2D eigenvalue weighted by atomic mass is 9.54. The molecular formula is C22H28F7O8S-. The van der Waals surface area contributed by atoms with E-state index in [9.17, 15) is 49.1 Å². The predicted molar refractivity (Wildman–Crippen MR) is 113 cm³/mol. The zero-order valence-corrected chi connectivity index (χ0v) is 21.1. The fourth-order valence-corrected chi connectivity index (χ4v) is 6.36. The molecule has 0 aliphatic heterocycles. The van der Waals surface area contributed by atoms with Gasteiger partial charge in [0.15, 0.2) is 0 Å². The minimum atomic E-state index is -5.70. The van der Waals surface area contributed by atoms with Crippen molar-refractivity contribution in [3.05, 3.63) is 0 Å². The van der Waals surface area contributed by atoms with Gasteiger partial charge < -0.3 is 23.5 Å². The molecule has 38 heavy (non-hydrogen) atoms. The van der Waals surface area contributed by atoms with Gasteiger partial charge in [-0.3, -0.25) is 4.21 Å². The predicted octanol–water partition coefficient (Wildman–Crippen LogP) is 5.22. The Hall–Kier alpha value is -1.68. The van der Waals surface area contributed by atoms with Gasteiger partial charge in [0.2, 0.25) is 0 Å². The Morgan fingerprint density at radius 2 is 1.47 bits per heavy atom. The van der Waals surface area contributed by atoms with Crippen LogP contribution in [0.1, 0.15) is 64.7 Å². The van der Waals surface area contributed by atoms with Crippen LogP contribution in [-0.2, 0) is 34.8 Å². The molecule has 4 fully saturated rings. The summed E-state index contributed by atoms with van der Waals surface area (Å²) in [5.74, 6) is -10.7. The van der Waals surface area contributed by atoms with Crippen LogP contribution in [0.15, 0.2) is 0 Å². The summed E-state index contributed by atoms with van der Waals surface area (Å²) >= 11 is -4.45. The largest absolute Gasteiger partial charge is 0.768 e. The summed E-state index contributed by atoms with van der Waals surface area (Å²) in [6.07, 6.45) is -6.78. The molecule has 16 heteroatoms. The number of hydrogen-bond acceptors (Lipinski definition) is 8. The molecule has 0 aromatic carbocycles. The van der Waals surface area contributed by atoms with Gasteiger partial charge in [-0.25, -0.2) is 9.59 Å². The number of esters is 1. The highest BCUT2D eigenvalue weighted by Crippen LogP contribution is 2.57. The lowest BCUT2D eigenvalue weighted by molar-refractivity contribution is -0.356. The Bertz CT molecular complexity index is 877. The smallest absolute Gasteiger partial charge is 0.512 e. The monoisotopic (exact) mass is 585 g/mol. The third-order valence-corrected chi connectivity index (χ3v) is 7.97. The van der Waals surface area contributed by atoms with E-state index in [-0.39, 0.29) is 17.8 Å². The molecule has 8 nitrogen and oxygen atoms in total. The van der Waals surface area contributed by atoms with Crippen LogP contribution in [0.4, 0.5) is 35.5 Å². The van der Waals surface area contributed by atoms with Crippen molar-refractivity contribution in [3.8, 4) is 0 Å². The zero-order valence-electron chi connectivity index (χ0n) is 20.3. The first kappa shape index (κ1) is 30.9. The number of carbonyl (C=O) groups is 2. The maximum atomic E-state index is 14.1. The summed E-state index contributed by atoms with van der Waals surface area (Å²) in [6.45, 7) is -0.554. The highest BCUT2D eigenvalue weighted by atomic mass is 32.2. The summed E-state index contributed by atoms with van der Waals surface area (Å²) in [4.78, 5) is 25.0. The molecule has 4 aliphatic rings. The quantitative estimate of drug-likeness (QED) is 0.101. The summed E-state index contributed by atoms with van der Waals surface area (Å²) in [5, 5.41) is -5.40. The second-order valence-corrected chi connectivity index (χ2v) is 11.1. The minimum Gasteiger partial charge on any atom is -0.768 e. The van der Waals surface area contributed by atoms with Crippen LogP contribution in [0, 0.1) is 17.8 Å². The van der Waals surface area contributed by atoms with Crippen LogP contribution in [-0.4, -0.2) is 62.8 Å². The van der Waals surface area contributed by atoms with E-state index >= 15 is 0 Å². The van der Waals surface area contributed by atoms with Crippen LogP contribution in [0.25, 0.3) is 0 Å². The molecule has 220 valence electrons. The third kappa shape index (κ3) is 6.21. The van der Waals surface area contributed by atoms with Gasteiger partial charge >= 0.3 is 35.3 Å². The van der Waals surface area contributed by atoms with Crippen molar-refractivity contribution < 1.29 is 68.0 Å². The maximum Gasteiger partial charge on any atom is 0.512 e. The average Bonchev–Trinajstić information content (AvgIpc) is 2.75. The molecule has 2 atom stereocenters. The Morgan fingerprint density at radius 1 is 0.947 bits per heavy atom. The number of unbranched alkanes of at least 4 members (excludes halogenated alkanes) is 1. The number of ether oxygens (including phenoxy) is 4. The third-order valence-electron chi connectivity index (χ3n) is 7.25. The topological polar surface area (TPSA) is 111 Å². The van der Waals surface area contributed by atoms with Crippen molar-refractivity contribution >= 4 is 23.2 Å². The lowest BCUT2D eigenvalue weighted by Crippen LogP contribution is -2.59. The molecule has 0 amide bonds. The van der Waals surface area contributed by atoms with Crippen LogP contribution in [0.3, 0.4) is 0 Å². The highest BCUT2D eigenvalue weighted by molar-refractivity contribution is 7.80. The van der Waals surface area contributed by atoms with Crippen LogP contribution in [0.2, 0.25) is 0 Å². The van der Waals surface area contributed by atoms with Gasteiger partial charge in [-0.05, 0) is 76.0 Å². The van der Waals surface area contributed by atoms with Gasteiger partial charge in [-0.2, -0.15) is 30.7 Å². The Kier molecular flexibility index (Phi) is 8.98. The molecule has 4 saturated carbocycles. The van der Waals surface area contributed by atoms with E-state index in [0.717, 1.165) is 19.3 Å². The summed E-state index contributed by atoms with van der Waals surface area (Å²) < 4.78 is 135. The Balaban J connectivity index is 1.68.